The van der Waals surface area contributed by atoms with Crippen molar-refractivity contribution in [1.82, 2.24) is 15.5 Å². The van der Waals surface area contributed by atoms with Gasteiger partial charge in [0.05, 0.1) is 7.11 Å². The molecule has 0 radical (unpaired) electrons. The van der Waals surface area contributed by atoms with E-state index in [0.717, 1.165) is 29.9 Å². The van der Waals surface area contributed by atoms with Crippen LogP contribution in [0.15, 0.2) is 48.5 Å². The van der Waals surface area contributed by atoms with E-state index < -0.39 is 0 Å². The summed E-state index contributed by atoms with van der Waals surface area (Å²) < 4.78 is 10.6. The SMILES string of the molecule is CCCCC(CC1CCCCC1)NC(=N)N(COC)Cc1ccc(CNC(=O)Nc2cccc(OC)c2)cc1. The quantitative estimate of drug-likeness (QED) is 0.126. The van der Waals surface area contributed by atoms with Crippen LogP contribution in [0.3, 0.4) is 0 Å². The van der Waals surface area contributed by atoms with Crippen molar-refractivity contribution in [3.8, 4) is 5.75 Å². The number of carbonyl (C=O) groups excluding carboxylic acids is 1. The minimum absolute atomic E-state index is 0.274. The molecule has 8 heteroatoms. The summed E-state index contributed by atoms with van der Waals surface area (Å²) in [6.07, 6.45) is 11.3. The van der Waals surface area contributed by atoms with E-state index in [0.29, 0.717) is 43.3 Å². The zero-order valence-electron chi connectivity index (χ0n) is 23.9. The molecule has 39 heavy (non-hydrogen) atoms. The van der Waals surface area contributed by atoms with Crippen LogP contribution in [0.4, 0.5) is 10.5 Å². The van der Waals surface area contributed by atoms with Crippen LogP contribution in [0, 0.1) is 11.3 Å². The average molecular weight is 538 g/mol. The number of carbonyl (C=O) groups is 1. The molecule has 0 aromatic heterocycles. The van der Waals surface area contributed by atoms with Crippen molar-refractivity contribution >= 4 is 17.7 Å². The summed E-state index contributed by atoms with van der Waals surface area (Å²) in [5, 5.41) is 18.1. The first-order chi connectivity index (χ1) is 19.0. The fourth-order valence-corrected chi connectivity index (χ4v) is 5.20. The molecule has 2 aromatic carbocycles. The van der Waals surface area contributed by atoms with Gasteiger partial charge in [0.1, 0.15) is 12.5 Å². The molecule has 8 nitrogen and oxygen atoms in total. The summed E-state index contributed by atoms with van der Waals surface area (Å²) in [6, 6.07) is 15.4. The van der Waals surface area contributed by atoms with Crippen LogP contribution in [0.2, 0.25) is 0 Å². The highest BCUT2D eigenvalue weighted by atomic mass is 16.5. The molecule has 214 valence electrons. The molecular weight excluding hydrogens is 490 g/mol. The number of methoxy groups -OCH3 is 2. The zero-order valence-corrected chi connectivity index (χ0v) is 23.9. The Bertz CT molecular complexity index is 1010. The van der Waals surface area contributed by atoms with Gasteiger partial charge in [-0.15, -0.1) is 0 Å². The minimum atomic E-state index is -0.274. The molecule has 1 fully saturated rings. The number of nitrogens with one attached hydrogen (secondary N) is 4. The topological polar surface area (TPSA) is 98.7 Å². The summed E-state index contributed by atoms with van der Waals surface area (Å²) in [5.41, 5.74) is 2.76. The van der Waals surface area contributed by atoms with Crippen LogP contribution in [0.25, 0.3) is 0 Å². The fraction of sp³-hybridized carbons (Fsp3) is 0.548. The van der Waals surface area contributed by atoms with Gasteiger partial charge in [-0.25, -0.2) is 4.79 Å². The lowest BCUT2D eigenvalue weighted by Gasteiger charge is -2.31. The maximum Gasteiger partial charge on any atom is 0.319 e. The molecule has 0 spiro atoms. The van der Waals surface area contributed by atoms with Crippen molar-refractivity contribution in [3.05, 3.63) is 59.7 Å². The molecule has 1 aliphatic carbocycles. The standard InChI is InChI=1S/C31H47N5O3/c1-4-5-12-27(19-24-10-7-6-8-11-24)34-30(32)36(23-38-2)22-26-17-15-25(16-18-26)21-33-31(37)35-28-13-9-14-29(20-28)39-3/h9,13-18,20,24,27H,4-8,10-12,19,21-23H2,1-3H3,(H2,32,34)(H2,33,35,37). The van der Waals surface area contributed by atoms with E-state index in [9.17, 15) is 4.79 Å². The number of hydrogen-bond acceptors (Lipinski definition) is 4. The summed E-state index contributed by atoms with van der Waals surface area (Å²) >= 11 is 0. The molecule has 0 saturated heterocycles. The van der Waals surface area contributed by atoms with Gasteiger partial charge < -0.3 is 30.3 Å². The Morgan fingerprint density at radius 2 is 1.82 bits per heavy atom. The van der Waals surface area contributed by atoms with Gasteiger partial charge in [0.2, 0.25) is 0 Å². The predicted octanol–water partition coefficient (Wildman–Crippen LogP) is 6.48. The van der Waals surface area contributed by atoms with Crippen LogP contribution >= 0.6 is 0 Å². The monoisotopic (exact) mass is 537 g/mol. The largest absolute Gasteiger partial charge is 0.497 e. The Hall–Kier alpha value is -3.26. The highest BCUT2D eigenvalue weighted by Gasteiger charge is 2.21. The van der Waals surface area contributed by atoms with Gasteiger partial charge >= 0.3 is 6.03 Å². The average Bonchev–Trinajstić information content (AvgIpc) is 2.96. The highest BCUT2D eigenvalue weighted by Crippen LogP contribution is 2.28. The van der Waals surface area contributed by atoms with E-state index in [2.05, 4.69) is 22.9 Å². The summed E-state index contributed by atoms with van der Waals surface area (Å²) in [6.45, 7) is 3.57. The number of hydrogen-bond donors (Lipinski definition) is 4. The van der Waals surface area contributed by atoms with Crippen LogP contribution in [-0.4, -0.2) is 43.9 Å². The van der Waals surface area contributed by atoms with Gasteiger partial charge in [-0.2, -0.15) is 0 Å². The van der Waals surface area contributed by atoms with Crippen molar-refractivity contribution in [1.29, 1.82) is 5.41 Å². The third kappa shape index (κ3) is 10.8. The third-order valence-corrected chi connectivity index (χ3v) is 7.37. The number of benzene rings is 2. The first-order valence-electron chi connectivity index (χ1n) is 14.4. The van der Waals surface area contributed by atoms with E-state index in [4.69, 9.17) is 14.9 Å². The summed E-state index contributed by atoms with van der Waals surface area (Å²) in [7, 11) is 3.27. The molecule has 2 aromatic rings. The van der Waals surface area contributed by atoms with Crippen molar-refractivity contribution in [3.63, 3.8) is 0 Å². The number of urea groups is 1. The Kier molecular flexibility index (Phi) is 12.9. The number of rotatable bonds is 14. The Labute approximate surface area is 234 Å². The third-order valence-electron chi connectivity index (χ3n) is 7.37. The second kappa shape index (κ2) is 16.6. The lowest BCUT2D eigenvalue weighted by molar-refractivity contribution is 0.101. The fourth-order valence-electron chi connectivity index (χ4n) is 5.20. The van der Waals surface area contributed by atoms with E-state index in [1.807, 2.05) is 47.4 Å². The lowest BCUT2D eigenvalue weighted by Crippen LogP contribution is -2.46. The number of unbranched alkanes of at least 4 members (excludes halogenated alkanes) is 1. The number of amides is 2. The van der Waals surface area contributed by atoms with E-state index in [1.54, 1.807) is 20.3 Å². The molecule has 3 rings (SSSR count). The lowest BCUT2D eigenvalue weighted by atomic mass is 9.84. The van der Waals surface area contributed by atoms with Crippen molar-refractivity contribution in [2.24, 2.45) is 5.92 Å². The molecular formula is C31H47N5O3. The minimum Gasteiger partial charge on any atom is -0.497 e. The Morgan fingerprint density at radius 3 is 2.51 bits per heavy atom. The van der Waals surface area contributed by atoms with Crippen LogP contribution in [0.1, 0.15) is 75.8 Å². The number of ether oxygens (including phenoxy) is 2. The molecule has 4 N–H and O–H groups in total. The highest BCUT2D eigenvalue weighted by molar-refractivity contribution is 5.89. The van der Waals surface area contributed by atoms with Gasteiger partial charge in [0.15, 0.2) is 5.96 Å². The van der Waals surface area contributed by atoms with Crippen molar-refractivity contribution in [2.45, 2.75) is 83.8 Å². The molecule has 0 aliphatic heterocycles. The van der Waals surface area contributed by atoms with Gasteiger partial charge in [-0.1, -0.05) is 82.2 Å². The predicted molar refractivity (Wildman–Crippen MR) is 158 cm³/mol. The molecule has 2 amide bonds. The number of nitrogens with zero attached hydrogens (tertiary/aromatic N) is 1. The molecule has 1 atom stereocenters. The van der Waals surface area contributed by atoms with Crippen LogP contribution in [0.5, 0.6) is 5.75 Å². The van der Waals surface area contributed by atoms with E-state index in [1.165, 1.54) is 44.9 Å². The first kappa shape index (κ1) is 30.3. The van der Waals surface area contributed by atoms with Crippen molar-refractivity contribution < 1.29 is 14.3 Å². The normalized spacial score (nSPS) is 14.3. The van der Waals surface area contributed by atoms with E-state index in [-0.39, 0.29) is 6.03 Å². The summed E-state index contributed by atoms with van der Waals surface area (Å²) in [5.74, 6) is 1.89. The van der Waals surface area contributed by atoms with Crippen LogP contribution in [-0.2, 0) is 17.8 Å². The Balaban J connectivity index is 1.51. The molecule has 1 aliphatic rings. The molecule has 0 bridgehead atoms. The van der Waals surface area contributed by atoms with Gasteiger partial charge in [0.25, 0.3) is 0 Å². The molecule has 0 heterocycles. The van der Waals surface area contributed by atoms with Crippen LogP contribution < -0.4 is 20.7 Å². The van der Waals surface area contributed by atoms with Gasteiger partial charge in [-0.3, -0.25) is 5.41 Å². The maximum atomic E-state index is 12.3. The van der Waals surface area contributed by atoms with Gasteiger partial charge in [0, 0.05) is 38.0 Å². The zero-order chi connectivity index (χ0) is 27.9. The second-order valence-corrected chi connectivity index (χ2v) is 10.5. The number of anilines is 1. The molecule has 1 unspecified atom stereocenters. The Morgan fingerprint density at radius 1 is 1.08 bits per heavy atom. The van der Waals surface area contributed by atoms with E-state index >= 15 is 0 Å². The second-order valence-electron chi connectivity index (χ2n) is 10.5. The smallest absolute Gasteiger partial charge is 0.319 e. The summed E-state index contributed by atoms with van der Waals surface area (Å²) in [4.78, 5) is 14.2. The van der Waals surface area contributed by atoms with Crippen molar-refractivity contribution in [2.75, 3.05) is 26.3 Å². The van der Waals surface area contributed by atoms with Gasteiger partial charge in [-0.05, 0) is 42.0 Å². The maximum absolute atomic E-state index is 12.3. The first-order valence-corrected chi connectivity index (χ1v) is 14.4. The number of guanidine groups is 1. The molecule has 1 saturated carbocycles.